The Balaban J connectivity index is 1.67. The number of aromatic nitrogens is 4. The van der Waals surface area contributed by atoms with Gasteiger partial charge in [0.1, 0.15) is 0 Å². The predicted octanol–water partition coefficient (Wildman–Crippen LogP) is 4.27. The summed E-state index contributed by atoms with van der Waals surface area (Å²) in [5, 5.41) is 13.0. The lowest BCUT2D eigenvalue weighted by Gasteiger charge is -2.10. The fourth-order valence-corrected chi connectivity index (χ4v) is 4.11. The first kappa shape index (κ1) is 20.5. The molecule has 0 fully saturated rings. The number of rotatable bonds is 6. The number of nitrogens with one attached hydrogen (secondary N) is 1. The average molecular weight is 460 g/mol. The number of allylic oxidation sites excluding steroid dienone is 1. The first-order chi connectivity index (χ1) is 14.5. The monoisotopic (exact) mass is 459 g/mol. The Hall–Kier alpha value is -2.81. The zero-order valence-electron chi connectivity index (χ0n) is 15.5. The number of halogens is 2. The van der Waals surface area contributed by atoms with Crippen LogP contribution in [-0.4, -0.2) is 30.8 Å². The van der Waals surface area contributed by atoms with E-state index in [-0.39, 0.29) is 17.2 Å². The zero-order chi connectivity index (χ0) is 21.3. The molecule has 0 spiro atoms. The maximum Gasteiger partial charge on any atom is 0.263 e. The molecule has 0 aliphatic carbocycles. The quantitative estimate of drug-likeness (QED) is 0.344. The molecule has 2 heterocycles. The maximum absolute atomic E-state index is 12.8. The highest BCUT2D eigenvalue weighted by molar-refractivity contribution is 7.99. The summed E-state index contributed by atoms with van der Waals surface area (Å²) in [6, 6.07) is 12.0. The van der Waals surface area contributed by atoms with Crippen LogP contribution in [0, 0.1) is 0 Å². The van der Waals surface area contributed by atoms with Gasteiger partial charge >= 0.3 is 0 Å². The van der Waals surface area contributed by atoms with Gasteiger partial charge in [-0.3, -0.25) is 18.6 Å². The van der Waals surface area contributed by atoms with Gasteiger partial charge in [0.15, 0.2) is 5.16 Å². The summed E-state index contributed by atoms with van der Waals surface area (Å²) in [6.07, 6.45) is 1.62. The van der Waals surface area contributed by atoms with Crippen LogP contribution in [0.15, 0.2) is 65.1 Å². The van der Waals surface area contributed by atoms with Crippen molar-refractivity contribution in [2.24, 2.45) is 0 Å². The standard InChI is InChI=1S/C20H15Cl2N5O2S/c1-2-9-26-18(29)13-5-3-4-6-16(13)27-19(26)24-25-20(27)30-11-17(28)23-15-10-12(21)7-8-14(15)22/h2-8,10H,1,9,11H2,(H,23,28). The number of nitrogens with zero attached hydrogens (tertiary/aromatic N) is 4. The van der Waals surface area contributed by atoms with Gasteiger partial charge in [-0.2, -0.15) is 0 Å². The second kappa shape index (κ2) is 8.51. The van der Waals surface area contributed by atoms with E-state index in [1.165, 1.54) is 16.3 Å². The smallest absolute Gasteiger partial charge is 0.263 e. The van der Waals surface area contributed by atoms with Crippen LogP contribution in [0.5, 0.6) is 0 Å². The highest BCUT2D eigenvalue weighted by Gasteiger charge is 2.17. The number of fused-ring (bicyclic) bond motifs is 3. The molecule has 2 aromatic carbocycles. The molecule has 1 amide bonds. The van der Waals surface area contributed by atoms with Crippen LogP contribution in [0.3, 0.4) is 0 Å². The molecule has 0 unspecified atom stereocenters. The number of para-hydroxylation sites is 1. The minimum Gasteiger partial charge on any atom is -0.324 e. The van der Waals surface area contributed by atoms with Gasteiger partial charge in [0.05, 0.1) is 27.4 Å². The number of anilines is 1. The fourth-order valence-electron chi connectivity index (χ4n) is 3.03. The van der Waals surface area contributed by atoms with Crippen molar-refractivity contribution in [2.45, 2.75) is 11.7 Å². The van der Waals surface area contributed by atoms with Crippen molar-refractivity contribution in [3.63, 3.8) is 0 Å². The van der Waals surface area contributed by atoms with E-state index in [4.69, 9.17) is 23.2 Å². The Bertz CT molecular complexity index is 1350. The Kier molecular flexibility index (Phi) is 5.80. The molecule has 2 aromatic heterocycles. The maximum atomic E-state index is 12.8. The summed E-state index contributed by atoms with van der Waals surface area (Å²) in [7, 11) is 0. The number of hydrogen-bond donors (Lipinski definition) is 1. The van der Waals surface area contributed by atoms with Gasteiger partial charge in [0.2, 0.25) is 11.7 Å². The van der Waals surface area contributed by atoms with Crippen molar-refractivity contribution in [1.82, 2.24) is 19.2 Å². The van der Waals surface area contributed by atoms with Gasteiger partial charge in [-0.25, -0.2) is 0 Å². The lowest BCUT2D eigenvalue weighted by Crippen LogP contribution is -2.22. The van der Waals surface area contributed by atoms with E-state index in [9.17, 15) is 9.59 Å². The van der Waals surface area contributed by atoms with Crippen molar-refractivity contribution in [3.05, 3.63) is 75.5 Å². The molecular weight excluding hydrogens is 445 g/mol. The predicted molar refractivity (Wildman–Crippen MR) is 121 cm³/mol. The fraction of sp³-hybridized carbons (Fsp3) is 0.100. The molecule has 0 aliphatic heterocycles. The molecule has 1 N–H and O–H groups in total. The van der Waals surface area contributed by atoms with E-state index in [0.29, 0.717) is 44.1 Å². The van der Waals surface area contributed by atoms with Crippen LogP contribution in [-0.2, 0) is 11.3 Å². The lowest BCUT2D eigenvalue weighted by molar-refractivity contribution is -0.113. The van der Waals surface area contributed by atoms with E-state index >= 15 is 0 Å². The highest BCUT2D eigenvalue weighted by atomic mass is 35.5. The third kappa shape index (κ3) is 3.81. The molecule has 0 saturated heterocycles. The molecule has 0 bridgehead atoms. The van der Waals surface area contributed by atoms with Crippen molar-refractivity contribution in [1.29, 1.82) is 0 Å². The molecule has 0 aliphatic rings. The molecule has 30 heavy (non-hydrogen) atoms. The van der Waals surface area contributed by atoms with Crippen LogP contribution >= 0.6 is 35.0 Å². The average Bonchev–Trinajstić information content (AvgIpc) is 3.16. The second-order valence-electron chi connectivity index (χ2n) is 6.30. The van der Waals surface area contributed by atoms with Gasteiger partial charge in [-0.1, -0.05) is 53.2 Å². The van der Waals surface area contributed by atoms with Crippen molar-refractivity contribution in [2.75, 3.05) is 11.1 Å². The molecule has 4 rings (SSSR count). The first-order valence-corrected chi connectivity index (χ1v) is 10.6. The summed E-state index contributed by atoms with van der Waals surface area (Å²) < 4.78 is 3.27. The molecule has 4 aromatic rings. The van der Waals surface area contributed by atoms with Crippen LogP contribution in [0.2, 0.25) is 10.0 Å². The Labute approximate surface area is 185 Å². The second-order valence-corrected chi connectivity index (χ2v) is 8.09. The van der Waals surface area contributed by atoms with E-state index in [1.54, 1.807) is 40.8 Å². The molecule has 10 heteroatoms. The number of benzene rings is 2. The molecule has 0 saturated carbocycles. The molecule has 0 radical (unpaired) electrons. The van der Waals surface area contributed by atoms with Gasteiger partial charge in [-0.15, -0.1) is 16.8 Å². The number of amides is 1. The zero-order valence-corrected chi connectivity index (χ0v) is 17.8. The minimum atomic E-state index is -0.273. The van der Waals surface area contributed by atoms with E-state index in [0.717, 1.165) is 0 Å². The van der Waals surface area contributed by atoms with E-state index in [1.807, 2.05) is 12.1 Å². The van der Waals surface area contributed by atoms with Crippen LogP contribution in [0.1, 0.15) is 0 Å². The first-order valence-electron chi connectivity index (χ1n) is 8.85. The largest absolute Gasteiger partial charge is 0.324 e. The Morgan fingerprint density at radius 1 is 1.20 bits per heavy atom. The number of carbonyl (C=O) groups excluding carboxylic acids is 1. The van der Waals surface area contributed by atoms with Gasteiger partial charge in [0.25, 0.3) is 5.56 Å². The summed E-state index contributed by atoms with van der Waals surface area (Å²) in [4.78, 5) is 25.2. The molecular formula is C20H15Cl2N5O2S. The lowest BCUT2D eigenvalue weighted by atomic mass is 10.2. The van der Waals surface area contributed by atoms with Crippen LogP contribution in [0.25, 0.3) is 16.7 Å². The summed E-state index contributed by atoms with van der Waals surface area (Å²) in [5.41, 5.74) is 0.935. The minimum absolute atomic E-state index is 0.0680. The van der Waals surface area contributed by atoms with Crippen molar-refractivity contribution < 1.29 is 4.79 Å². The van der Waals surface area contributed by atoms with Gasteiger partial charge in [-0.05, 0) is 30.3 Å². The summed E-state index contributed by atoms with van der Waals surface area (Å²) >= 11 is 13.3. The topological polar surface area (TPSA) is 81.3 Å². The number of carbonyl (C=O) groups is 1. The summed E-state index contributed by atoms with van der Waals surface area (Å²) in [5.74, 6) is 0.183. The molecule has 0 atom stereocenters. The third-order valence-electron chi connectivity index (χ3n) is 4.32. The Morgan fingerprint density at radius 2 is 2.00 bits per heavy atom. The molecule has 7 nitrogen and oxygen atoms in total. The van der Waals surface area contributed by atoms with Gasteiger partial charge in [0, 0.05) is 11.6 Å². The third-order valence-corrected chi connectivity index (χ3v) is 5.82. The van der Waals surface area contributed by atoms with Crippen LogP contribution in [0.4, 0.5) is 5.69 Å². The Morgan fingerprint density at radius 3 is 2.80 bits per heavy atom. The highest BCUT2D eigenvalue weighted by Crippen LogP contribution is 2.26. The van der Waals surface area contributed by atoms with Gasteiger partial charge < -0.3 is 5.32 Å². The SMILES string of the molecule is C=CCn1c(=O)c2ccccc2n2c(SCC(=O)Nc3cc(Cl)ccc3Cl)nnc12. The number of thioether (sulfide) groups is 1. The number of hydrogen-bond acceptors (Lipinski definition) is 5. The summed E-state index contributed by atoms with van der Waals surface area (Å²) in [6.45, 7) is 4.00. The van der Waals surface area contributed by atoms with E-state index in [2.05, 4.69) is 22.1 Å². The van der Waals surface area contributed by atoms with Crippen molar-refractivity contribution >= 4 is 63.2 Å². The van der Waals surface area contributed by atoms with Crippen LogP contribution < -0.4 is 10.9 Å². The van der Waals surface area contributed by atoms with Crippen molar-refractivity contribution in [3.8, 4) is 0 Å². The normalized spacial score (nSPS) is 11.1. The van der Waals surface area contributed by atoms with E-state index < -0.39 is 0 Å². The molecule has 152 valence electrons.